The third-order valence-electron chi connectivity index (χ3n) is 3.83. The van der Waals surface area contributed by atoms with E-state index in [4.69, 9.17) is 0 Å². The number of ketones is 1. The van der Waals surface area contributed by atoms with Crippen LogP contribution < -0.4 is 5.32 Å². The predicted molar refractivity (Wildman–Crippen MR) is 73.8 cm³/mol. The Bertz CT molecular complexity index is 548. The van der Waals surface area contributed by atoms with Gasteiger partial charge in [0.1, 0.15) is 5.78 Å². The van der Waals surface area contributed by atoms with Crippen LogP contribution in [0.15, 0.2) is 30.5 Å². The second-order valence-electron chi connectivity index (χ2n) is 5.11. The van der Waals surface area contributed by atoms with Crippen LogP contribution in [0, 0.1) is 5.92 Å². The molecule has 3 heteroatoms. The van der Waals surface area contributed by atoms with E-state index in [2.05, 4.69) is 28.5 Å². The number of Topliss-reactive ketones (excluding diaryl/α,β-unsaturated/α-hetero) is 1. The molecule has 1 fully saturated rings. The van der Waals surface area contributed by atoms with Crippen molar-refractivity contribution in [3.8, 4) is 0 Å². The fraction of sp³-hybridized carbons (Fsp3) is 0.400. The molecule has 0 aliphatic heterocycles. The maximum atomic E-state index is 11.2. The molecule has 0 amide bonds. The number of benzene rings is 1. The molecule has 2 N–H and O–H groups in total. The number of aromatic amines is 1. The average Bonchev–Trinajstić information content (AvgIpc) is 2.82. The molecule has 3 nitrogen and oxygen atoms in total. The summed E-state index contributed by atoms with van der Waals surface area (Å²) in [5, 5.41) is 4.75. The van der Waals surface area contributed by atoms with E-state index in [0.717, 1.165) is 32.2 Å². The monoisotopic (exact) mass is 242 g/mol. The Morgan fingerprint density at radius 2 is 2.00 bits per heavy atom. The molecule has 0 atom stereocenters. The first kappa shape index (κ1) is 11.3. The molecule has 1 saturated carbocycles. The first-order chi connectivity index (χ1) is 8.83. The van der Waals surface area contributed by atoms with Crippen molar-refractivity contribution >= 4 is 22.4 Å². The second kappa shape index (κ2) is 4.84. The lowest BCUT2D eigenvalue weighted by molar-refractivity contribution is -0.120. The van der Waals surface area contributed by atoms with Crippen molar-refractivity contribution in [2.45, 2.75) is 25.7 Å². The molecule has 0 spiro atoms. The van der Waals surface area contributed by atoms with E-state index in [1.54, 1.807) is 0 Å². The summed E-state index contributed by atoms with van der Waals surface area (Å²) in [6.07, 6.45) is 5.63. The van der Waals surface area contributed by atoms with Gasteiger partial charge in [-0.2, -0.15) is 0 Å². The van der Waals surface area contributed by atoms with E-state index in [9.17, 15) is 4.79 Å². The topological polar surface area (TPSA) is 44.9 Å². The fourth-order valence-corrected chi connectivity index (χ4v) is 2.68. The number of fused-ring (bicyclic) bond motifs is 1. The molecule has 0 unspecified atom stereocenters. The predicted octanol–water partition coefficient (Wildman–Crippen LogP) is 3.34. The Morgan fingerprint density at radius 3 is 2.83 bits per heavy atom. The molecule has 0 saturated heterocycles. The molecule has 1 heterocycles. The van der Waals surface area contributed by atoms with Gasteiger partial charge in [-0.05, 0) is 24.8 Å². The molecule has 1 aromatic carbocycles. The fourth-order valence-electron chi connectivity index (χ4n) is 2.68. The van der Waals surface area contributed by atoms with Crippen molar-refractivity contribution in [1.29, 1.82) is 0 Å². The lowest BCUT2D eigenvalue weighted by Gasteiger charge is -2.21. The summed E-state index contributed by atoms with van der Waals surface area (Å²) in [5.74, 6) is 1.06. The van der Waals surface area contributed by atoms with Crippen LogP contribution in [0.25, 0.3) is 10.9 Å². The van der Waals surface area contributed by atoms with Crippen LogP contribution in [0.1, 0.15) is 25.7 Å². The molecule has 1 aromatic heterocycles. The van der Waals surface area contributed by atoms with Crippen molar-refractivity contribution in [3.05, 3.63) is 30.5 Å². The van der Waals surface area contributed by atoms with Crippen LogP contribution >= 0.6 is 0 Å². The van der Waals surface area contributed by atoms with E-state index in [1.165, 1.54) is 16.6 Å². The summed E-state index contributed by atoms with van der Waals surface area (Å²) in [6.45, 7) is 0.967. The van der Waals surface area contributed by atoms with Gasteiger partial charge in [-0.25, -0.2) is 0 Å². The maximum Gasteiger partial charge on any atom is 0.132 e. The van der Waals surface area contributed by atoms with Gasteiger partial charge in [-0.3, -0.25) is 4.79 Å². The highest BCUT2D eigenvalue weighted by Crippen LogP contribution is 2.25. The van der Waals surface area contributed by atoms with E-state index in [-0.39, 0.29) is 0 Å². The first-order valence-corrected chi connectivity index (χ1v) is 6.64. The number of para-hydroxylation sites is 1. The minimum absolute atomic E-state index is 0.429. The minimum atomic E-state index is 0.429. The van der Waals surface area contributed by atoms with E-state index >= 15 is 0 Å². The number of carbonyl (C=O) groups is 1. The van der Waals surface area contributed by atoms with Gasteiger partial charge >= 0.3 is 0 Å². The summed E-state index contributed by atoms with van der Waals surface area (Å²) >= 11 is 0. The van der Waals surface area contributed by atoms with Gasteiger partial charge in [0.25, 0.3) is 0 Å². The number of hydrogen-bond donors (Lipinski definition) is 2. The Hall–Kier alpha value is -1.77. The minimum Gasteiger partial charge on any atom is -0.383 e. The second-order valence-corrected chi connectivity index (χ2v) is 5.11. The van der Waals surface area contributed by atoms with Crippen molar-refractivity contribution < 1.29 is 4.79 Å². The van der Waals surface area contributed by atoms with E-state index < -0.39 is 0 Å². The van der Waals surface area contributed by atoms with E-state index in [1.807, 2.05) is 12.3 Å². The summed E-state index contributed by atoms with van der Waals surface area (Å²) < 4.78 is 0. The maximum absolute atomic E-state index is 11.2. The van der Waals surface area contributed by atoms with Crippen molar-refractivity contribution in [3.63, 3.8) is 0 Å². The lowest BCUT2D eigenvalue weighted by atomic mass is 9.88. The third kappa shape index (κ3) is 2.26. The molecular formula is C15H18N2O. The lowest BCUT2D eigenvalue weighted by Crippen LogP contribution is -2.20. The number of aromatic nitrogens is 1. The Labute approximate surface area is 107 Å². The van der Waals surface area contributed by atoms with Crippen LogP contribution in [-0.4, -0.2) is 17.3 Å². The van der Waals surface area contributed by atoms with Gasteiger partial charge in [0, 0.05) is 36.5 Å². The average molecular weight is 242 g/mol. The Balaban J connectivity index is 1.64. The molecule has 1 aliphatic rings. The Kier molecular flexibility index (Phi) is 3.05. The zero-order chi connectivity index (χ0) is 12.4. The zero-order valence-corrected chi connectivity index (χ0v) is 10.4. The van der Waals surface area contributed by atoms with Crippen LogP contribution in [0.3, 0.4) is 0 Å². The number of anilines is 1. The summed E-state index contributed by atoms with van der Waals surface area (Å²) in [5.41, 5.74) is 2.33. The van der Waals surface area contributed by atoms with Crippen molar-refractivity contribution in [2.75, 3.05) is 11.9 Å². The zero-order valence-electron chi connectivity index (χ0n) is 10.4. The summed E-state index contributed by atoms with van der Waals surface area (Å²) in [7, 11) is 0. The molecule has 0 radical (unpaired) electrons. The molecule has 1 aliphatic carbocycles. The highest BCUT2D eigenvalue weighted by Gasteiger charge is 2.18. The first-order valence-electron chi connectivity index (χ1n) is 6.64. The molecule has 2 aromatic rings. The smallest absolute Gasteiger partial charge is 0.132 e. The highest BCUT2D eigenvalue weighted by molar-refractivity contribution is 5.92. The highest BCUT2D eigenvalue weighted by atomic mass is 16.1. The van der Waals surface area contributed by atoms with E-state index in [0.29, 0.717) is 11.7 Å². The quantitative estimate of drug-likeness (QED) is 0.867. The molecule has 18 heavy (non-hydrogen) atoms. The number of hydrogen-bond acceptors (Lipinski definition) is 2. The standard InChI is InChI=1S/C15H18N2O/c18-12-7-5-11(6-8-12)9-16-15-10-17-14-4-2-1-3-13(14)15/h1-4,10-11,16-17H,5-9H2. The summed E-state index contributed by atoms with van der Waals surface area (Å²) in [6, 6.07) is 8.30. The van der Waals surface area contributed by atoms with Gasteiger partial charge < -0.3 is 10.3 Å². The molecule has 94 valence electrons. The van der Waals surface area contributed by atoms with Gasteiger partial charge in [0.05, 0.1) is 5.69 Å². The number of rotatable bonds is 3. The molecular weight excluding hydrogens is 224 g/mol. The number of nitrogens with one attached hydrogen (secondary N) is 2. The SMILES string of the molecule is O=C1CCC(CNc2c[nH]c3ccccc23)CC1. The largest absolute Gasteiger partial charge is 0.383 e. The van der Waals surface area contributed by atoms with Gasteiger partial charge in [0.2, 0.25) is 0 Å². The van der Waals surface area contributed by atoms with Crippen molar-refractivity contribution in [2.24, 2.45) is 5.92 Å². The third-order valence-corrected chi connectivity index (χ3v) is 3.83. The molecule has 3 rings (SSSR count). The number of H-pyrrole nitrogens is 1. The molecule has 0 bridgehead atoms. The van der Waals surface area contributed by atoms with Gasteiger partial charge in [0.15, 0.2) is 0 Å². The Morgan fingerprint density at radius 1 is 1.22 bits per heavy atom. The normalized spacial score (nSPS) is 17.2. The van der Waals surface area contributed by atoms with Crippen LogP contribution in [-0.2, 0) is 4.79 Å². The van der Waals surface area contributed by atoms with Gasteiger partial charge in [-0.1, -0.05) is 18.2 Å². The summed E-state index contributed by atoms with van der Waals surface area (Å²) in [4.78, 5) is 14.5. The van der Waals surface area contributed by atoms with Gasteiger partial charge in [-0.15, -0.1) is 0 Å². The van der Waals surface area contributed by atoms with Crippen LogP contribution in [0.2, 0.25) is 0 Å². The number of carbonyl (C=O) groups excluding carboxylic acids is 1. The van der Waals surface area contributed by atoms with Crippen molar-refractivity contribution in [1.82, 2.24) is 4.98 Å². The van der Waals surface area contributed by atoms with Crippen LogP contribution in [0.4, 0.5) is 5.69 Å². The van der Waals surface area contributed by atoms with Crippen LogP contribution in [0.5, 0.6) is 0 Å².